The zero-order valence-electron chi connectivity index (χ0n) is 13.5. The van der Waals surface area contributed by atoms with Gasteiger partial charge in [-0.05, 0) is 41.8 Å². The second kappa shape index (κ2) is 8.08. The molecule has 5 heteroatoms. The Morgan fingerprint density at radius 1 is 1.21 bits per heavy atom. The molecule has 2 aromatic rings. The molecule has 2 nitrogen and oxygen atoms in total. The van der Waals surface area contributed by atoms with Crippen LogP contribution in [-0.2, 0) is 11.2 Å². The van der Waals surface area contributed by atoms with Gasteiger partial charge in [-0.3, -0.25) is 4.79 Å². The number of hydrogen-bond donors (Lipinski definition) is 1. The van der Waals surface area contributed by atoms with Crippen LogP contribution >= 0.6 is 23.5 Å². The lowest BCUT2D eigenvalue weighted by atomic mass is 10.00. The van der Waals surface area contributed by atoms with E-state index in [-0.39, 0.29) is 17.6 Å². The molecule has 1 saturated heterocycles. The lowest BCUT2D eigenvalue weighted by molar-refractivity contribution is -0.119. The number of halogens is 1. The fourth-order valence-corrected chi connectivity index (χ4v) is 5.53. The first kappa shape index (κ1) is 17.4. The monoisotopic (exact) mass is 361 g/mol. The molecule has 0 aromatic heterocycles. The summed E-state index contributed by atoms with van der Waals surface area (Å²) in [5.41, 5.74) is 2.92. The summed E-state index contributed by atoms with van der Waals surface area (Å²) in [6.45, 7) is 1.87. The van der Waals surface area contributed by atoms with E-state index in [1.165, 1.54) is 29.2 Å². The molecule has 0 spiro atoms. The maximum atomic E-state index is 13.3. The molecule has 1 unspecified atom stereocenters. The van der Waals surface area contributed by atoms with Crippen molar-refractivity contribution >= 4 is 35.1 Å². The molecule has 0 aliphatic carbocycles. The largest absolute Gasteiger partial charge is 0.326 e. The Hall–Kier alpha value is -1.46. The summed E-state index contributed by atoms with van der Waals surface area (Å²) in [5, 5.41) is 2.99. The van der Waals surface area contributed by atoms with E-state index in [9.17, 15) is 9.18 Å². The maximum Gasteiger partial charge on any atom is 0.227 e. The van der Waals surface area contributed by atoms with Gasteiger partial charge in [0.1, 0.15) is 5.82 Å². The van der Waals surface area contributed by atoms with E-state index >= 15 is 0 Å². The van der Waals surface area contributed by atoms with Crippen molar-refractivity contribution in [3.8, 4) is 0 Å². The maximum absolute atomic E-state index is 13.3. The van der Waals surface area contributed by atoms with Crippen molar-refractivity contribution < 1.29 is 9.18 Å². The molecule has 0 bridgehead atoms. The standard InChI is InChI=1S/C19H20FNOS2/c1-13(10-14-4-2-6-16(20)11-14)18(22)21-17-7-3-5-15(12-17)19-23-8-9-24-19/h2-7,11-13,19H,8-10H2,1H3,(H,21,22). The highest BCUT2D eigenvalue weighted by Crippen LogP contribution is 2.45. The van der Waals surface area contributed by atoms with Crippen LogP contribution in [0.25, 0.3) is 0 Å². The van der Waals surface area contributed by atoms with Crippen molar-refractivity contribution in [1.82, 2.24) is 0 Å². The summed E-state index contributed by atoms with van der Waals surface area (Å²) in [6, 6.07) is 14.5. The third kappa shape index (κ3) is 4.54. The number of nitrogens with one attached hydrogen (secondary N) is 1. The minimum atomic E-state index is -0.264. The zero-order chi connectivity index (χ0) is 16.9. The van der Waals surface area contributed by atoms with Crippen LogP contribution < -0.4 is 5.32 Å². The molecule has 1 atom stereocenters. The van der Waals surface area contributed by atoms with E-state index in [0.29, 0.717) is 11.0 Å². The van der Waals surface area contributed by atoms with Gasteiger partial charge in [-0.25, -0.2) is 4.39 Å². The predicted octanol–water partition coefficient (Wildman–Crippen LogP) is 5.12. The van der Waals surface area contributed by atoms with Crippen molar-refractivity contribution in [2.45, 2.75) is 17.9 Å². The number of anilines is 1. The lowest BCUT2D eigenvalue weighted by Gasteiger charge is -2.14. The fourth-order valence-electron chi connectivity index (χ4n) is 2.69. The molecule has 2 aromatic carbocycles. The van der Waals surface area contributed by atoms with Crippen molar-refractivity contribution in [1.29, 1.82) is 0 Å². The number of thioether (sulfide) groups is 2. The highest BCUT2D eigenvalue weighted by Gasteiger charge is 2.19. The van der Waals surface area contributed by atoms with Crippen molar-refractivity contribution in [2.75, 3.05) is 16.8 Å². The minimum absolute atomic E-state index is 0.0388. The van der Waals surface area contributed by atoms with Crippen LogP contribution in [0.2, 0.25) is 0 Å². The number of rotatable bonds is 5. The molecular formula is C19H20FNOS2. The van der Waals surface area contributed by atoms with Gasteiger partial charge in [0.05, 0.1) is 4.58 Å². The van der Waals surface area contributed by atoms with Crippen molar-refractivity contribution in [3.05, 3.63) is 65.5 Å². The van der Waals surface area contributed by atoms with Crippen LogP contribution in [0, 0.1) is 11.7 Å². The smallest absolute Gasteiger partial charge is 0.227 e. The number of hydrogen-bond acceptors (Lipinski definition) is 3. The van der Waals surface area contributed by atoms with Crippen LogP contribution in [0.5, 0.6) is 0 Å². The van der Waals surface area contributed by atoms with E-state index in [0.717, 1.165) is 11.3 Å². The molecule has 1 aliphatic heterocycles. The van der Waals surface area contributed by atoms with Gasteiger partial charge in [-0.2, -0.15) is 0 Å². The Kier molecular flexibility index (Phi) is 5.85. The third-order valence-corrected chi connectivity index (χ3v) is 7.03. The summed E-state index contributed by atoms with van der Waals surface area (Å²) in [6.07, 6.45) is 0.525. The molecule has 1 aliphatic rings. The molecule has 0 saturated carbocycles. The van der Waals surface area contributed by atoms with Gasteiger partial charge < -0.3 is 5.32 Å². The Balaban J connectivity index is 1.62. The molecule has 3 rings (SSSR count). The van der Waals surface area contributed by atoms with Gasteiger partial charge in [-0.15, -0.1) is 23.5 Å². The SMILES string of the molecule is CC(Cc1cccc(F)c1)C(=O)Nc1cccc(C2SCCS2)c1. The summed E-state index contributed by atoms with van der Waals surface area (Å²) in [4.78, 5) is 12.4. The highest BCUT2D eigenvalue weighted by molar-refractivity contribution is 8.19. The first-order chi connectivity index (χ1) is 11.6. The van der Waals surface area contributed by atoms with Crippen LogP contribution in [0.15, 0.2) is 48.5 Å². The number of carbonyl (C=O) groups is 1. The Bertz CT molecular complexity index is 716. The van der Waals surface area contributed by atoms with E-state index in [4.69, 9.17) is 0 Å². The normalized spacial score (nSPS) is 16.1. The summed E-state index contributed by atoms with van der Waals surface area (Å²) >= 11 is 3.89. The topological polar surface area (TPSA) is 29.1 Å². The molecule has 24 heavy (non-hydrogen) atoms. The predicted molar refractivity (Wildman–Crippen MR) is 102 cm³/mol. The van der Waals surface area contributed by atoms with Crippen LogP contribution in [0.4, 0.5) is 10.1 Å². The van der Waals surface area contributed by atoms with E-state index in [2.05, 4.69) is 17.4 Å². The minimum Gasteiger partial charge on any atom is -0.326 e. The van der Waals surface area contributed by atoms with Gasteiger partial charge >= 0.3 is 0 Å². The second-order valence-electron chi connectivity index (χ2n) is 5.92. The van der Waals surface area contributed by atoms with Gasteiger partial charge in [0.15, 0.2) is 0 Å². The van der Waals surface area contributed by atoms with Gasteiger partial charge in [0.25, 0.3) is 0 Å². The number of benzene rings is 2. The average molecular weight is 362 g/mol. The Labute approximate surface area is 150 Å². The van der Waals surface area contributed by atoms with Gasteiger partial charge in [0, 0.05) is 23.1 Å². The summed E-state index contributed by atoms with van der Waals surface area (Å²) < 4.78 is 13.7. The lowest BCUT2D eigenvalue weighted by Crippen LogP contribution is -2.22. The number of amides is 1. The van der Waals surface area contributed by atoms with Crippen LogP contribution in [-0.4, -0.2) is 17.4 Å². The van der Waals surface area contributed by atoms with Crippen LogP contribution in [0.3, 0.4) is 0 Å². The second-order valence-corrected chi connectivity index (χ2v) is 8.65. The molecule has 1 fully saturated rings. The fraction of sp³-hybridized carbons (Fsp3) is 0.316. The van der Waals surface area contributed by atoms with E-state index in [1.807, 2.05) is 48.6 Å². The third-order valence-electron chi connectivity index (χ3n) is 3.93. The highest BCUT2D eigenvalue weighted by atomic mass is 32.2. The van der Waals surface area contributed by atoms with Crippen LogP contribution in [0.1, 0.15) is 22.6 Å². The zero-order valence-corrected chi connectivity index (χ0v) is 15.1. The quantitative estimate of drug-likeness (QED) is 0.801. The van der Waals surface area contributed by atoms with Crippen molar-refractivity contribution in [2.24, 2.45) is 5.92 Å². The van der Waals surface area contributed by atoms with E-state index < -0.39 is 0 Å². The van der Waals surface area contributed by atoms with Gasteiger partial charge in [0.2, 0.25) is 5.91 Å². The Morgan fingerprint density at radius 2 is 1.96 bits per heavy atom. The van der Waals surface area contributed by atoms with Crippen molar-refractivity contribution in [3.63, 3.8) is 0 Å². The average Bonchev–Trinajstić information content (AvgIpc) is 3.09. The Morgan fingerprint density at radius 3 is 2.71 bits per heavy atom. The molecule has 1 amide bonds. The van der Waals surface area contributed by atoms with Gasteiger partial charge in [-0.1, -0.05) is 31.2 Å². The van der Waals surface area contributed by atoms with E-state index in [1.54, 1.807) is 6.07 Å². The summed E-state index contributed by atoms with van der Waals surface area (Å²) in [5.74, 6) is 1.83. The molecule has 0 radical (unpaired) electrons. The number of carbonyl (C=O) groups excluding carboxylic acids is 1. The first-order valence-corrected chi connectivity index (χ1v) is 10.1. The first-order valence-electron chi connectivity index (χ1n) is 8.00. The molecule has 126 valence electrons. The molecule has 1 N–H and O–H groups in total. The summed E-state index contributed by atoms with van der Waals surface area (Å²) in [7, 11) is 0. The molecule has 1 heterocycles. The molecular weight excluding hydrogens is 341 g/mol.